The van der Waals surface area contributed by atoms with E-state index in [2.05, 4.69) is 52.0 Å². The van der Waals surface area contributed by atoms with Crippen LogP contribution in [0.5, 0.6) is 0 Å². The van der Waals surface area contributed by atoms with E-state index in [4.69, 9.17) is 0 Å². The standard InChI is InChI=1S/C17H21N5/c1-4-21(5-2)16-11-13(3)18-17-19-15(20-22(16)17)12-14-9-7-6-8-10-14/h6-11H,4-5,12H2,1-3H3. The van der Waals surface area contributed by atoms with Crippen molar-refractivity contribution in [2.45, 2.75) is 27.2 Å². The zero-order valence-electron chi connectivity index (χ0n) is 13.3. The van der Waals surface area contributed by atoms with Gasteiger partial charge in [0.25, 0.3) is 5.78 Å². The van der Waals surface area contributed by atoms with E-state index in [0.717, 1.165) is 36.8 Å². The lowest BCUT2D eigenvalue weighted by Gasteiger charge is -2.21. The summed E-state index contributed by atoms with van der Waals surface area (Å²) in [6.45, 7) is 8.16. The highest BCUT2D eigenvalue weighted by molar-refractivity contribution is 5.47. The molecule has 0 saturated heterocycles. The minimum Gasteiger partial charge on any atom is -0.357 e. The van der Waals surface area contributed by atoms with Crippen LogP contribution in [0.25, 0.3) is 5.78 Å². The van der Waals surface area contributed by atoms with Crippen molar-refractivity contribution in [2.24, 2.45) is 0 Å². The molecule has 1 aromatic carbocycles. The Hall–Kier alpha value is -2.43. The number of benzene rings is 1. The minimum absolute atomic E-state index is 0.674. The smallest absolute Gasteiger partial charge is 0.254 e. The average Bonchev–Trinajstić information content (AvgIpc) is 2.91. The normalized spacial score (nSPS) is 11.0. The summed E-state index contributed by atoms with van der Waals surface area (Å²) in [5, 5.41) is 4.67. The number of anilines is 1. The molecule has 5 heteroatoms. The lowest BCUT2D eigenvalue weighted by molar-refractivity contribution is 0.788. The van der Waals surface area contributed by atoms with Gasteiger partial charge in [-0.1, -0.05) is 30.3 Å². The topological polar surface area (TPSA) is 46.3 Å². The van der Waals surface area contributed by atoms with E-state index in [1.165, 1.54) is 5.56 Å². The molecule has 0 aliphatic carbocycles. The fraction of sp³-hybridized carbons (Fsp3) is 0.353. The molecule has 0 saturated carbocycles. The van der Waals surface area contributed by atoms with Crippen molar-refractivity contribution < 1.29 is 0 Å². The van der Waals surface area contributed by atoms with E-state index in [9.17, 15) is 0 Å². The van der Waals surface area contributed by atoms with E-state index in [-0.39, 0.29) is 0 Å². The van der Waals surface area contributed by atoms with Crippen molar-refractivity contribution in [3.8, 4) is 0 Å². The molecule has 0 amide bonds. The van der Waals surface area contributed by atoms with Gasteiger partial charge in [0.1, 0.15) is 5.82 Å². The van der Waals surface area contributed by atoms with Gasteiger partial charge in [0, 0.05) is 31.3 Å². The van der Waals surface area contributed by atoms with Gasteiger partial charge in [-0.3, -0.25) is 0 Å². The van der Waals surface area contributed by atoms with Crippen LogP contribution in [-0.4, -0.2) is 32.7 Å². The SMILES string of the molecule is CCN(CC)c1cc(C)nc2nc(Cc3ccccc3)nn12. The van der Waals surface area contributed by atoms with Crippen LogP contribution < -0.4 is 4.90 Å². The lowest BCUT2D eigenvalue weighted by atomic mass is 10.1. The number of aromatic nitrogens is 4. The Balaban J connectivity index is 2.03. The van der Waals surface area contributed by atoms with Crippen molar-refractivity contribution in [1.82, 2.24) is 19.6 Å². The van der Waals surface area contributed by atoms with Crippen LogP contribution in [0.2, 0.25) is 0 Å². The number of fused-ring (bicyclic) bond motifs is 1. The summed E-state index contributed by atoms with van der Waals surface area (Å²) in [5.41, 5.74) is 2.17. The van der Waals surface area contributed by atoms with Crippen LogP contribution >= 0.6 is 0 Å². The summed E-state index contributed by atoms with van der Waals surface area (Å²) in [6.07, 6.45) is 0.723. The molecule has 0 N–H and O–H groups in total. The first-order chi connectivity index (χ1) is 10.7. The van der Waals surface area contributed by atoms with Crippen molar-refractivity contribution in [2.75, 3.05) is 18.0 Å². The number of rotatable bonds is 5. The summed E-state index contributed by atoms with van der Waals surface area (Å²) in [6, 6.07) is 12.3. The van der Waals surface area contributed by atoms with Gasteiger partial charge < -0.3 is 4.90 Å². The number of aryl methyl sites for hydroxylation is 1. The van der Waals surface area contributed by atoms with Crippen molar-refractivity contribution >= 4 is 11.6 Å². The molecular weight excluding hydrogens is 274 g/mol. The Labute approximate surface area is 130 Å². The molecule has 0 aliphatic rings. The maximum Gasteiger partial charge on any atom is 0.254 e. The Bertz CT molecular complexity index is 759. The molecule has 3 rings (SSSR count). The van der Waals surface area contributed by atoms with Gasteiger partial charge in [-0.25, -0.2) is 4.98 Å². The first kappa shape index (κ1) is 14.5. The fourth-order valence-electron chi connectivity index (χ4n) is 2.64. The Morgan fingerprint density at radius 3 is 2.45 bits per heavy atom. The fourth-order valence-corrected chi connectivity index (χ4v) is 2.64. The minimum atomic E-state index is 0.674. The maximum absolute atomic E-state index is 4.67. The molecule has 0 fully saturated rings. The molecule has 5 nitrogen and oxygen atoms in total. The molecule has 3 aromatic rings. The molecule has 114 valence electrons. The first-order valence-corrected chi connectivity index (χ1v) is 7.73. The van der Waals surface area contributed by atoms with E-state index in [1.807, 2.05) is 29.6 Å². The van der Waals surface area contributed by atoms with Gasteiger partial charge in [-0.05, 0) is 26.3 Å². The summed E-state index contributed by atoms with van der Waals surface area (Å²) in [7, 11) is 0. The maximum atomic E-state index is 4.67. The molecule has 0 radical (unpaired) electrons. The third-order valence-electron chi connectivity index (χ3n) is 3.76. The van der Waals surface area contributed by atoms with Gasteiger partial charge in [-0.15, -0.1) is 5.10 Å². The number of nitrogens with zero attached hydrogens (tertiary/aromatic N) is 5. The third-order valence-corrected chi connectivity index (χ3v) is 3.76. The van der Waals surface area contributed by atoms with Crippen molar-refractivity contribution in [1.29, 1.82) is 0 Å². The molecular formula is C17H21N5. The Kier molecular flexibility index (Phi) is 4.04. The Morgan fingerprint density at radius 2 is 1.77 bits per heavy atom. The van der Waals surface area contributed by atoms with Gasteiger partial charge in [0.05, 0.1) is 0 Å². The molecule has 22 heavy (non-hydrogen) atoms. The zero-order chi connectivity index (χ0) is 15.5. The second kappa shape index (κ2) is 6.13. The van der Waals surface area contributed by atoms with Crippen LogP contribution in [0.3, 0.4) is 0 Å². The summed E-state index contributed by atoms with van der Waals surface area (Å²) in [4.78, 5) is 11.4. The van der Waals surface area contributed by atoms with Crippen LogP contribution in [-0.2, 0) is 6.42 Å². The highest BCUT2D eigenvalue weighted by Crippen LogP contribution is 2.17. The highest BCUT2D eigenvalue weighted by atomic mass is 15.4. The van der Waals surface area contributed by atoms with Crippen LogP contribution in [0.1, 0.15) is 30.9 Å². The second-order valence-electron chi connectivity index (χ2n) is 5.33. The van der Waals surface area contributed by atoms with E-state index >= 15 is 0 Å². The summed E-state index contributed by atoms with van der Waals surface area (Å²) in [5.74, 6) is 2.53. The van der Waals surface area contributed by atoms with Crippen LogP contribution in [0, 0.1) is 6.92 Å². The quantitative estimate of drug-likeness (QED) is 0.726. The van der Waals surface area contributed by atoms with E-state index in [0.29, 0.717) is 5.78 Å². The van der Waals surface area contributed by atoms with Crippen LogP contribution in [0.4, 0.5) is 5.82 Å². The van der Waals surface area contributed by atoms with Gasteiger partial charge in [-0.2, -0.15) is 9.50 Å². The summed E-state index contributed by atoms with van der Waals surface area (Å²) < 4.78 is 1.86. The van der Waals surface area contributed by atoms with Gasteiger partial charge in [0.15, 0.2) is 5.82 Å². The van der Waals surface area contributed by atoms with Crippen LogP contribution in [0.15, 0.2) is 36.4 Å². The monoisotopic (exact) mass is 295 g/mol. The van der Waals surface area contributed by atoms with E-state index in [1.54, 1.807) is 0 Å². The molecule has 0 unspecified atom stereocenters. The Morgan fingerprint density at radius 1 is 1.05 bits per heavy atom. The average molecular weight is 295 g/mol. The largest absolute Gasteiger partial charge is 0.357 e. The predicted molar refractivity (Wildman–Crippen MR) is 88.3 cm³/mol. The lowest BCUT2D eigenvalue weighted by Crippen LogP contribution is -2.25. The third kappa shape index (κ3) is 2.79. The second-order valence-corrected chi connectivity index (χ2v) is 5.33. The molecule has 0 spiro atoms. The van der Waals surface area contributed by atoms with Crippen molar-refractivity contribution in [3.05, 3.63) is 53.5 Å². The van der Waals surface area contributed by atoms with Crippen molar-refractivity contribution in [3.63, 3.8) is 0 Å². The molecule has 2 aromatic heterocycles. The van der Waals surface area contributed by atoms with Gasteiger partial charge >= 0.3 is 0 Å². The first-order valence-electron chi connectivity index (χ1n) is 7.73. The molecule has 2 heterocycles. The number of hydrogen-bond donors (Lipinski definition) is 0. The molecule has 0 aliphatic heterocycles. The zero-order valence-corrected chi connectivity index (χ0v) is 13.3. The highest BCUT2D eigenvalue weighted by Gasteiger charge is 2.13. The number of hydrogen-bond acceptors (Lipinski definition) is 4. The predicted octanol–water partition coefficient (Wildman–Crippen LogP) is 2.87. The van der Waals surface area contributed by atoms with Gasteiger partial charge in [0.2, 0.25) is 0 Å². The molecule has 0 bridgehead atoms. The van der Waals surface area contributed by atoms with E-state index < -0.39 is 0 Å². The molecule has 0 atom stereocenters. The summed E-state index contributed by atoms with van der Waals surface area (Å²) >= 11 is 0.